The molecule has 3 amide bonds. The Labute approximate surface area is 170 Å². The topological polar surface area (TPSA) is 87.7 Å². The van der Waals surface area contributed by atoms with Crippen LogP contribution in [0.5, 0.6) is 5.75 Å². The van der Waals surface area contributed by atoms with E-state index in [0.29, 0.717) is 13.0 Å². The number of hydrogen-bond acceptors (Lipinski definition) is 4. The standard InChI is InChI=1S/C22H27N3O4/c1-15(16-7-8-18-13-19(29-2)10-9-17(18)12-16)22(28)24-23-20(26)14-25-11-5-3-4-6-21(25)27/h7-10,12-13,15H,3-6,11,14H2,1-2H3,(H,23,26)(H,24,28)/t15-/m1/s1. The van der Waals surface area contributed by atoms with Gasteiger partial charge in [-0.15, -0.1) is 0 Å². The molecule has 1 heterocycles. The fourth-order valence-electron chi connectivity index (χ4n) is 3.45. The Hall–Kier alpha value is -3.09. The molecule has 2 aromatic carbocycles. The fraction of sp³-hybridized carbons (Fsp3) is 0.409. The van der Waals surface area contributed by atoms with Crippen LogP contribution in [0, 0.1) is 0 Å². The van der Waals surface area contributed by atoms with Gasteiger partial charge < -0.3 is 9.64 Å². The molecule has 1 saturated heterocycles. The lowest BCUT2D eigenvalue weighted by atomic mass is 9.97. The van der Waals surface area contributed by atoms with Gasteiger partial charge in [0, 0.05) is 13.0 Å². The summed E-state index contributed by atoms with van der Waals surface area (Å²) < 4.78 is 5.23. The van der Waals surface area contributed by atoms with Crippen LogP contribution in [-0.2, 0) is 14.4 Å². The van der Waals surface area contributed by atoms with E-state index in [1.165, 1.54) is 0 Å². The van der Waals surface area contributed by atoms with Gasteiger partial charge >= 0.3 is 0 Å². The van der Waals surface area contributed by atoms with Crippen molar-refractivity contribution in [3.63, 3.8) is 0 Å². The second kappa shape index (κ2) is 9.41. The number of nitrogens with zero attached hydrogens (tertiary/aromatic N) is 1. The van der Waals surface area contributed by atoms with E-state index < -0.39 is 11.8 Å². The van der Waals surface area contributed by atoms with Crippen molar-refractivity contribution in [3.05, 3.63) is 42.0 Å². The molecule has 0 radical (unpaired) electrons. The lowest BCUT2D eigenvalue weighted by molar-refractivity contribution is -0.136. The Kier molecular flexibility index (Phi) is 6.69. The lowest BCUT2D eigenvalue weighted by Crippen LogP contribution is -2.48. The van der Waals surface area contributed by atoms with E-state index in [2.05, 4.69) is 10.9 Å². The average molecular weight is 397 g/mol. The summed E-state index contributed by atoms with van der Waals surface area (Å²) in [6, 6.07) is 11.6. The summed E-state index contributed by atoms with van der Waals surface area (Å²) >= 11 is 0. The molecule has 2 N–H and O–H groups in total. The number of amides is 3. The molecule has 1 aliphatic rings. The van der Waals surface area contributed by atoms with Gasteiger partial charge in [-0.25, -0.2) is 0 Å². The molecule has 0 aromatic heterocycles. The molecule has 0 unspecified atom stereocenters. The highest BCUT2D eigenvalue weighted by atomic mass is 16.5. The van der Waals surface area contributed by atoms with E-state index in [4.69, 9.17) is 4.74 Å². The largest absolute Gasteiger partial charge is 0.497 e. The lowest BCUT2D eigenvalue weighted by Gasteiger charge is -2.20. The minimum Gasteiger partial charge on any atom is -0.497 e. The Morgan fingerprint density at radius 1 is 1.07 bits per heavy atom. The molecule has 3 rings (SSSR count). The number of hydrazine groups is 1. The number of carbonyl (C=O) groups excluding carboxylic acids is 3. The van der Waals surface area contributed by atoms with Gasteiger partial charge in [0.1, 0.15) is 12.3 Å². The molecule has 7 nitrogen and oxygen atoms in total. The minimum atomic E-state index is -0.443. The van der Waals surface area contributed by atoms with Crippen LogP contribution in [0.2, 0.25) is 0 Å². The molecular formula is C22H27N3O4. The summed E-state index contributed by atoms with van der Waals surface area (Å²) in [6.45, 7) is 2.33. The molecule has 0 bridgehead atoms. The predicted octanol–water partition coefficient (Wildman–Crippen LogP) is 2.50. The van der Waals surface area contributed by atoms with Crippen LogP contribution in [0.1, 0.15) is 44.1 Å². The molecule has 154 valence electrons. The second-order valence-electron chi connectivity index (χ2n) is 7.36. The smallest absolute Gasteiger partial charge is 0.257 e. The SMILES string of the molecule is COc1ccc2cc([C@@H](C)C(=O)NNC(=O)CN3CCCCCC3=O)ccc2c1. The molecular weight excluding hydrogens is 370 g/mol. The Morgan fingerprint density at radius 3 is 2.62 bits per heavy atom. The fourth-order valence-corrected chi connectivity index (χ4v) is 3.45. The number of methoxy groups -OCH3 is 1. The van der Waals surface area contributed by atoms with Crippen LogP contribution in [0.15, 0.2) is 36.4 Å². The first-order valence-corrected chi connectivity index (χ1v) is 9.92. The van der Waals surface area contributed by atoms with Crippen molar-refractivity contribution in [3.8, 4) is 5.75 Å². The van der Waals surface area contributed by atoms with Crippen molar-refractivity contribution in [2.24, 2.45) is 0 Å². The summed E-state index contributed by atoms with van der Waals surface area (Å²) in [4.78, 5) is 38.1. The maximum atomic E-state index is 12.5. The van der Waals surface area contributed by atoms with Crippen molar-refractivity contribution in [2.45, 2.75) is 38.5 Å². The van der Waals surface area contributed by atoms with E-state index in [-0.39, 0.29) is 18.4 Å². The van der Waals surface area contributed by atoms with Gasteiger partial charge in [0.25, 0.3) is 5.91 Å². The van der Waals surface area contributed by atoms with Gasteiger partial charge in [0.2, 0.25) is 11.8 Å². The summed E-state index contributed by atoms with van der Waals surface area (Å²) in [5.41, 5.74) is 5.74. The zero-order chi connectivity index (χ0) is 20.8. The third kappa shape index (κ3) is 5.25. The maximum absolute atomic E-state index is 12.5. The van der Waals surface area contributed by atoms with E-state index in [9.17, 15) is 14.4 Å². The van der Waals surface area contributed by atoms with Crippen LogP contribution >= 0.6 is 0 Å². The van der Waals surface area contributed by atoms with Crippen LogP contribution in [-0.4, -0.2) is 42.8 Å². The number of carbonyl (C=O) groups is 3. The Bertz CT molecular complexity index is 912. The van der Waals surface area contributed by atoms with Crippen LogP contribution in [0.3, 0.4) is 0 Å². The maximum Gasteiger partial charge on any atom is 0.257 e. The van der Waals surface area contributed by atoms with Crippen LogP contribution < -0.4 is 15.6 Å². The summed E-state index contributed by atoms with van der Waals surface area (Å²) in [6.07, 6.45) is 3.24. The number of fused-ring (bicyclic) bond motifs is 1. The quantitative estimate of drug-likeness (QED) is 0.759. The van der Waals surface area contributed by atoms with Crippen LogP contribution in [0.4, 0.5) is 0 Å². The molecule has 7 heteroatoms. The molecule has 1 fully saturated rings. The zero-order valence-corrected chi connectivity index (χ0v) is 16.9. The minimum absolute atomic E-state index is 0.00913. The van der Waals surface area contributed by atoms with Crippen molar-refractivity contribution < 1.29 is 19.1 Å². The summed E-state index contributed by atoms with van der Waals surface area (Å²) in [5, 5.41) is 2.03. The molecule has 0 aliphatic carbocycles. The second-order valence-corrected chi connectivity index (χ2v) is 7.36. The van der Waals surface area contributed by atoms with Gasteiger partial charge in [-0.05, 0) is 48.2 Å². The van der Waals surface area contributed by atoms with Crippen molar-refractivity contribution in [2.75, 3.05) is 20.2 Å². The molecule has 1 atom stereocenters. The molecule has 0 saturated carbocycles. The first-order chi connectivity index (χ1) is 14.0. The van der Waals surface area contributed by atoms with Crippen molar-refractivity contribution >= 4 is 28.5 Å². The van der Waals surface area contributed by atoms with Gasteiger partial charge in [-0.1, -0.05) is 30.7 Å². The van der Waals surface area contributed by atoms with Gasteiger partial charge in [-0.3, -0.25) is 25.2 Å². The normalized spacial score (nSPS) is 15.5. The number of nitrogens with one attached hydrogen (secondary N) is 2. The molecule has 29 heavy (non-hydrogen) atoms. The Morgan fingerprint density at radius 2 is 1.83 bits per heavy atom. The number of hydrogen-bond donors (Lipinski definition) is 2. The van der Waals surface area contributed by atoms with E-state index in [1.807, 2.05) is 36.4 Å². The highest BCUT2D eigenvalue weighted by Crippen LogP contribution is 2.25. The summed E-state index contributed by atoms with van der Waals surface area (Å²) in [5.74, 6) is -0.381. The first-order valence-electron chi connectivity index (χ1n) is 9.92. The predicted molar refractivity (Wildman–Crippen MR) is 110 cm³/mol. The number of likely N-dealkylation sites (tertiary alicyclic amines) is 1. The highest BCUT2D eigenvalue weighted by molar-refractivity contribution is 5.90. The third-order valence-electron chi connectivity index (χ3n) is 5.30. The average Bonchev–Trinajstić information content (AvgIpc) is 2.94. The van der Waals surface area contributed by atoms with Crippen LogP contribution in [0.25, 0.3) is 10.8 Å². The molecule has 2 aromatic rings. The van der Waals surface area contributed by atoms with Gasteiger partial charge in [0.05, 0.1) is 13.0 Å². The van der Waals surface area contributed by atoms with E-state index in [1.54, 1.807) is 18.9 Å². The Balaban J connectivity index is 1.56. The summed E-state index contributed by atoms with van der Waals surface area (Å²) in [7, 11) is 1.62. The monoisotopic (exact) mass is 397 g/mol. The molecule has 1 aliphatic heterocycles. The number of ether oxygens (including phenoxy) is 1. The van der Waals surface area contributed by atoms with Crippen molar-refractivity contribution in [1.82, 2.24) is 15.8 Å². The van der Waals surface area contributed by atoms with Gasteiger partial charge in [0.15, 0.2) is 0 Å². The number of rotatable bonds is 5. The molecule has 0 spiro atoms. The van der Waals surface area contributed by atoms with E-state index >= 15 is 0 Å². The highest BCUT2D eigenvalue weighted by Gasteiger charge is 2.20. The first kappa shape index (κ1) is 20.6. The van der Waals surface area contributed by atoms with E-state index in [0.717, 1.165) is 41.3 Å². The van der Waals surface area contributed by atoms with Gasteiger partial charge in [-0.2, -0.15) is 0 Å². The zero-order valence-electron chi connectivity index (χ0n) is 16.9. The number of benzene rings is 2. The third-order valence-corrected chi connectivity index (χ3v) is 5.30. The van der Waals surface area contributed by atoms with Crippen molar-refractivity contribution in [1.29, 1.82) is 0 Å².